The molecule has 11 aromatic rings. The van der Waals surface area contributed by atoms with Crippen molar-refractivity contribution in [3.63, 3.8) is 0 Å². The van der Waals surface area contributed by atoms with Gasteiger partial charge < -0.3 is 9.32 Å². The molecule has 0 saturated carbocycles. The SMILES string of the molecule is CC1(C)c2ccccc2-c2ccc(N(c3ccc4c(c3)C3(c5ccccc5-c5ccccc53)c3ccccc3-4)c3ccc(-c4ccccc4)c4c3oc3c5ccccc5ccc34)cc21. The van der Waals surface area contributed by atoms with Crippen LogP contribution in [0.5, 0.6) is 0 Å². The molecule has 1 spiro atoms. The predicted molar refractivity (Wildman–Crippen MR) is 265 cm³/mol. The quantitative estimate of drug-likeness (QED) is 0.176. The molecule has 0 atom stereocenters. The Hall–Kier alpha value is -7.94. The summed E-state index contributed by atoms with van der Waals surface area (Å²) in [7, 11) is 0. The van der Waals surface area contributed by atoms with Crippen molar-refractivity contribution in [3.05, 3.63) is 246 Å². The maximum Gasteiger partial charge on any atom is 0.160 e. The zero-order valence-electron chi connectivity index (χ0n) is 35.6. The Morgan fingerprint density at radius 3 is 1.52 bits per heavy atom. The standard InChI is InChI=1S/C62H41NO/c1-61(2)51-24-12-8-20-44(51)48-32-29-40(36-55(48)61)63(57-35-34-42(38-16-4-3-5-17-38)58-50-31-28-39-18-6-7-19-43(39)59(50)64-60(57)58)41-30-33-49-47-23-11-15-27-54(47)62(56(49)37-41)52-25-13-9-21-45(52)46-22-10-14-26-53(46)62/h3-37H,1-2H3. The second-order valence-corrected chi connectivity index (χ2v) is 18.3. The molecule has 10 aromatic carbocycles. The highest BCUT2D eigenvalue weighted by Crippen LogP contribution is 2.63. The van der Waals surface area contributed by atoms with Crippen molar-refractivity contribution in [1.82, 2.24) is 0 Å². The summed E-state index contributed by atoms with van der Waals surface area (Å²) in [6, 6.07) is 78.9. The van der Waals surface area contributed by atoms with Gasteiger partial charge in [-0.05, 0) is 120 Å². The van der Waals surface area contributed by atoms with Gasteiger partial charge in [-0.15, -0.1) is 0 Å². The zero-order chi connectivity index (χ0) is 42.3. The molecular formula is C62H41NO. The second-order valence-electron chi connectivity index (χ2n) is 18.3. The van der Waals surface area contributed by atoms with Crippen molar-refractivity contribution in [2.24, 2.45) is 0 Å². The molecule has 14 rings (SSSR count). The van der Waals surface area contributed by atoms with Crippen LogP contribution < -0.4 is 4.90 Å². The lowest BCUT2D eigenvalue weighted by Gasteiger charge is -2.32. The number of benzene rings is 10. The van der Waals surface area contributed by atoms with Crippen molar-refractivity contribution < 1.29 is 4.42 Å². The first-order chi connectivity index (χ1) is 31.5. The fourth-order valence-electron chi connectivity index (χ4n) is 12.1. The summed E-state index contributed by atoms with van der Waals surface area (Å²) in [5, 5.41) is 4.50. The number of anilines is 3. The van der Waals surface area contributed by atoms with E-state index in [0.717, 1.165) is 60.9 Å². The lowest BCUT2D eigenvalue weighted by atomic mass is 9.70. The van der Waals surface area contributed by atoms with Crippen LogP contribution in [-0.2, 0) is 10.8 Å². The Kier molecular flexibility index (Phi) is 7.13. The molecule has 3 aliphatic rings. The number of rotatable bonds is 4. The van der Waals surface area contributed by atoms with Gasteiger partial charge in [-0.2, -0.15) is 0 Å². The van der Waals surface area contributed by atoms with E-state index in [-0.39, 0.29) is 5.41 Å². The fourth-order valence-corrected chi connectivity index (χ4v) is 12.1. The first kappa shape index (κ1) is 35.6. The van der Waals surface area contributed by atoms with E-state index in [1.165, 1.54) is 66.8 Å². The Bertz CT molecular complexity index is 3710. The van der Waals surface area contributed by atoms with Gasteiger partial charge in [0.05, 0.1) is 11.1 Å². The van der Waals surface area contributed by atoms with E-state index >= 15 is 0 Å². The molecule has 1 heterocycles. The van der Waals surface area contributed by atoms with Crippen LogP contribution in [0.15, 0.2) is 217 Å². The monoisotopic (exact) mass is 815 g/mol. The van der Waals surface area contributed by atoms with Gasteiger partial charge >= 0.3 is 0 Å². The molecule has 2 heteroatoms. The molecule has 3 aliphatic carbocycles. The Morgan fingerprint density at radius 1 is 0.359 bits per heavy atom. The van der Waals surface area contributed by atoms with Gasteiger partial charge in [0.2, 0.25) is 0 Å². The van der Waals surface area contributed by atoms with Gasteiger partial charge in [-0.1, -0.05) is 190 Å². The van der Waals surface area contributed by atoms with Crippen LogP contribution in [0.3, 0.4) is 0 Å². The largest absolute Gasteiger partial charge is 0.453 e. The van der Waals surface area contributed by atoms with Crippen LogP contribution in [0.1, 0.15) is 47.2 Å². The van der Waals surface area contributed by atoms with Gasteiger partial charge in [-0.25, -0.2) is 0 Å². The summed E-state index contributed by atoms with van der Waals surface area (Å²) >= 11 is 0. The van der Waals surface area contributed by atoms with Gasteiger partial charge in [0, 0.05) is 32.9 Å². The first-order valence-electron chi connectivity index (χ1n) is 22.4. The molecule has 0 unspecified atom stereocenters. The van der Waals surface area contributed by atoms with E-state index in [1.807, 2.05) is 0 Å². The molecule has 300 valence electrons. The minimum Gasteiger partial charge on any atom is -0.453 e. The maximum atomic E-state index is 7.36. The molecular weight excluding hydrogens is 775 g/mol. The minimum absolute atomic E-state index is 0.181. The first-order valence-corrected chi connectivity index (χ1v) is 22.4. The van der Waals surface area contributed by atoms with Crippen LogP contribution >= 0.6 is 0 Å². The lowest BCUT2D eigenvalue weighted by Crippen LogP contribution is -2.26. The van der Waals surface area contributed by atoms with Crippen LogP contribution in [-0.4, -0.2) is 0 Å². The normalized spacial score (nSPS) is 14.3. The molecule has 0 amide bonds. The summed E-state index contributed by atoms with van der Waals surface area (Å²) in [6.07, 6.45) is 0. The van der Waals surface area contributed by atoms with Gasteiger partial charge in [0.1, 0.15) is 5.58 Å². The molecule has 0 radical (unpaired) electrons. The van der Waals surface area contributed by atoms with Crippen LogP contribution in [0, 0.1) is 0 Å². The van der Waals surface area contributed by atoms with Crippen molar-refractivity contribution in [2.45, 2.75) is 24.7 Å². The highest BCUT2D eigenvalue weighted by molar-refractivity contribution is 6.22. The maximum absolute atomic E-state index is 7.36. The molecule has 0 saturated heterocycles. The summed E-state index contributed by atoms with van der Waals surface area (Å²) in [6.45, 7) is 4.74. The topological polar surface area (TPSA) is 16.4 Å². The molecule has 0 aliphatic heterocycles. The average molecular weight is 816 g/mol. The molecule has 0 fully saturated rings. The van der Waals surface area contributed by atoms with Crippen molar-refractivity contribution in [3.8, 4) is 44.5 Å². The van der Waals surface area contributed by atoms with E-state index in [2.05, 4.69) is 231 Å². The van der Waals surface area contributed by atoms with Gasteiger partial charge in [-0.3, -0.25) is 0 Å². The fraction of sp³-hybridized carbons (Fsp3) is 0.0645. The van der Waals surface area contributed by atoms with Crippen molar-refractivity contribution in [1.29, 1.82) is 0 Å². The van der Waals surface area contributed by atoms with Crippen LogP contribution in [0.25, 0.3) is 77.2 Å². The van der Waals surface area contributed by atoms with E-state index < -0.39 is 5.41 Å². The average Bonchev–Trinajstić information content (AvgIpc) is 4.05. The van der Waals surface area contributed by atoms with Crippen molar-refractivity contribution in [2.75, 3.05) is 4.90 Å². The van der Waals surface area contributed by atoms with E-state index in [1.54, 1.807) is 0 Å². The molecule has 0 N–H and O–H groups in total. The smallest absolute Gasteiger partial charge is 0.160 e. The third-order valence-electron chi connectivity index (χ3n) is 14.9. The number of hydrogen-bond acceptors (Lipinski definition) is 2. The molecule has 0 bridgehead atoms. The highest BCUT2D eigenvalue weighted by Gasteiger charge is 2.51. The molecule has 2 nitrogen and oxygen atoms in total. The Labute approximate surface area is 372 Å². The predicted octanol–water partition coefficient (Wildman–Crippen LogP) is 16.5. The minimum atomic E-state index is -0.479. The van der Waals surface area contributed by atoms with Gasteiger partial charge in [0.25, 0.3) is 0 Å². The zero-order valence-corrected chi connectivity index (χ0v) is 35.6. The third kappa shape index (κ3) is 4.54. The summed E-state index contributed by atoms with van der Waals surface area (Å²) in [4.78, 5) is 2.48. The van der Waals surface area contributed by atoms with E-state index in [0.29, 0.717) is 0 Å². The number of furan rings is 1. The Balaban J connectivity index is 1.09. The second kappa shape index (κ2) is 12.8. The van der Waals surface area contributed by atoms with Crippen LogP contribution in [0.2, 0.25) is 0 Å². The number of fused-ring (bicyclic) bond motifs is 18. The summed E-state index contributed by atoms with van der Waals surface area (Å²) in [5.41, 5.74) is 22.4. The van der Waals surface area contributed by atoms with Gasteiger partial charge in [0.15, 0.2) is 5.58 Å². The van der Waals surface area contributed by atoms with Crippen molar-refractivity contribution >= 4 is 49.8 Å². The number of nitrogens with zero attached hydrogens (tertiary/aromatic N) is 1. The van der Waals surface area contributed by atoms with E-state index in [4.69, 9.17) is 4.42 Å². The van der Waals surface area contributed by atoms with E-state index in [9.17, 15) is 0 Å². The lowest BCUT2D eigenvalue weighted by molar-refractivity contribution is 0.660. The summed E-state index contributed by atoms with van der Waals surface area (Å²) < 4.78 is 7.36. The highest BCUT2D eigenvalue weighted by atomic mass is 16.3. The number of hydrogen-bond donors (Lipinski definition) is 0. The Morgan fingerprint density at radius 2 is 0.859 bits per heavy atom. The molecule has 1 aromatic heterocycles. The molecule has 64 heavy (non-hydrogen) atoms. The third-order valence-corrected chi connectivity index (χ3v) is 14.9. The van der Waals surface area contributed by atoms with Crippen LogP contribution in [0.4, 0.5) is 17.1 Å². The summed E-state index contributed by atoms with van der Waals surface area (Å²) in [5.74, 6) is 0.